The summed E-state index contributed by atoms with van der Waals surface area (Å²) in [4.78, 5) is 7.14. The van der Waals surface area contributed by atoms with Gasteiger partial charge in [0.05, 0.1) is 31.1 Å². The molecule has 1 atom stereocenters. The fourth-order valence-corrected chi connectivity index (χ4v) is 4.41. The number of para-hydroxylation sites is 1. The minimum Gasteiger partial charge on any atom is -0.493 e. The molecule has 25 heavy (non-hydrogen) atoms. The number of benzene rings is 1. The Hall–Kier alpha value is -1.63. The first-order valence-electron chi connectivity index (χ1n) is 8.56. The quantitative estimate of drug-likeness (QED) is 0.851. The lowest BCUT2D eigenvalue weighted by Gasteiger charge is -2.33. The minimum atomic E-state index is -0.689. The Kier molecular flexibility index (Phi) is 5.32. The molecule has 1 aromatic heterocycles. The highest BCUT2D eigenvalue weighted by atomic mass is 32.1. The fourth-order valence-electron chi connectivity index (χ4n) is 3.58. The van der Waals surface area contributed by atoms with Gasteiger partial charge in [-0.3, -0.25) is 4.90 Å². The Morgan fingerprint density at radius 3 is 2.80 bits per heavy atom. The number of aromatic nitrogens is 1. The molecule has 0 radical (unpaired) electrons. The maximum atomic E-state index is 10.4. The van der Waals surface area contributed by atoms with Gasteiger partial charge in [0, 0.05) is 18.0 Å². The zero-order chi connectivity index (χ0) is 18.0. The van der Waals surface area contributed by atoms with Crippen LogP contribution < -0.4 is 9.47 Å². The second-order valence-corrected chi connectivity index (χ2v) is 7.83. The Bertz CT molecular complexity index is 724. The molecule has 6 heteroatoms. The zero-order valence-electron chi connectivity index (χ0n) is 15.3. The van der Waals surface area contributed by atoms with Gasteiger partial charge in [-0.25, -0.2) is 4.98 Å². The van der Waals surface area contributed by atoms with Gasteiger partial charge in [-0.15, -0.1) is 11.3 Å². The van der Waals surface area contributed by atoms with Crippen molar-refractivity contribution >= 4 is 11.3 Å². The van der Waals surface area contributed by atoms with Crippen molar-refractivity contribution in [1.29, 1.82) is 0 Å². The van der Waals surface area contributed by atoms with Gasteiger partial charge in [-0.1, -0.05) is 6.07 Å². The van der Waals surface area contributed by atoms with Crippen molar-refractivity contribution in [3.63, 3.8) is 0 Å². The van der Waals surface area contributed by atoms with Crippen LogP contribution >= 0.6 is 11.3 Å². The van der Waals surface area contributed by atoms with Crippen molar-refractivity contribution in [2.45, 2.75) is 44.9 Å². The van der Waals surface area contributed by atoms with Gasteiger partial charge in [0.2, 0.25) is 0 Å². The molecule has 0 bridgehead atoms. The molecule has 1 aliphatic rings. The molecule has 0 amide bonds. The lowest BCUT2D eigenvalue weighted by Crippen LogP contribution is -2.45. The molecular weight excluding hydrogens is 336 g/mol. The van der Waals surface area contributed by atoms with E-state index in [1.54, 1.807) is 25.6 Å². The van der Waals surface area contributed by atoms with E-state index in [1.807, 2.05) is 32.0 Å². The normalized spacial score (nSPS) is 18.5. The highest BCUT2D eigenvalue weighted by molar-refractivity contribution is 7.13. The van der Waals surface area contributed by atoms with E-state index in [1.165, 1.54) is 0 Å². The molecule has 1 unspecified atom stereocenters. The van der Waals surface area contributed by atoms with Crippen molar-refractivity contribution in [3.05, 3.63) is 29.3 Å². The molecule has 0 saturated carbocycles. The van der Waals surface area contributed by atoms with Gasteiger partial charge >= 0.3 is 0 Å². The van der Waals surface area contributed by atoms with E-state index in [-0.39, 0.29) is 6.04 Å². The number of methoxy groups -OCH3 is 2. The fraction of sp³-hybridized carbons (Fsp3) is 0.526. The van der Waals surface area contributed by atoms with Gasteiger partial charge in [-0.2, -0.15) is 0 Å². The van der Waals surface area contributed by atoms with Gasteiger partial charge in [-0.05, 0) is 45.4 Å². The number of hydrogen-bond donors (Lipinski definition) is 1. The number of aliphatic hydroxyl groups is 1. The summed E-state index contributed by atoms with van der Waals surface area (Å²) in [5, 5.41) is 13.4. The summed E-state index contributed by atoms with van der Waals surface area (Å²) in [5.74, 6) is 1.42. The number of ether oxygens (including phenoxy) is 2. The van der Waals surface area contributed by atoms with Crippen molar-refractivity contribution < 1.29 is 14.6 Å². The number of hydrogen-bond acceptors (Lipinski definition) is 6. The third-order valence-electron chi connectivity index (χ3n) is 4.73. The van der Waals surface area contributed by atoms with Crippen molar-refractivity contribution in [2.75, 3.05) is 20.8 Å². The molecule has 1 N–H and O–H groups in total. The monoisotopic (exact) mass is 362 g/mol. The van der Waals surface area contributed by atoms with Gasteiger partial charge in [0.15, 0.2) is 11.5 Å². The van der Waals surface area contributed by atoms with Crippen LogP contribution in [0.2, 0.25) is 0 Å². The van der Waals surface area contributed by atoms with Crippen LogP contribution in [-0.4, -0.2) is 47.4 Å². The summed E-state index contributed by atoms with van der Waals surface area (Å²) in [5.41, 5.74) is 1.28. The van der Waals surface area contributed by atoms with Crippen LogP contribution in [0.3, 0.4) is 0 Å². The maximum Gasteiger partial charge on any atom is 0.170 e. The summed E-state index contributed by atoms with van der Waals surface area (Å²) in [6, 6.07) is 6.01. The van der Waals surface area contributed by atoms with E-state index in [2.05, 4.69) is 10.3 Å². The van der Waals surface area contributed by atoms with Crippen LogP contribution in [0.1, 0.15) is 32.4 Å². The largest absolute Gasteiger partial charge is 0.493 e. The molecule has 3 rings (SSSR count). The predicted molar refractivity (Wildman–Crippen MR) is 100 cm³/mol. The molecule has 1 fully saturated rings. The first-order chi connectivity index (χ1) is 11.9. The second-order valence-electron chi connectivity index (χ2n) is 6.97. The maximum absolute atomic E-state index is 10.4. The SMILES string of the molecule is COc1cccc(-c2nc(CN3CCCC3C(C)(C)O)cs2)c1OC. The van der Waals surface area contributed by atoms with Crippen molar-refractivity contribution in [3.8, 4) is 22.1 Å². The standard InChI is InChI=1S/C19H26N2O3S/c1-19(2,22)16-9-6-10-21(16)11-13-12-25-18(20-13)14-7-5-8-15(23-3)17(14)24-4/h5,7-8,12,16,22H,6,9-11H2,1-4H3. The molecule has 1 aromatic carbocycles. The summed E-state index contributed by atoms with van der Waals surface area (Å²) in [7, 11) is 3.28. The molecule has 2 aromatic rings. The summed E-state index contributed by atoms with van der Waals surface area (Å²) < 4.78 is 10.9. The van der Waals surface area contributed by atoms with Crippen molar-refractivity contribution in [2.24, 2.45) is 0 Å². The molecule has 0 spiro atoms. The highest BCUT2D eigenvalue weighted by Crippen LogP contribution is 2.39. The average Bonchev–Trinajstić information content (AvgIpc) is 3.23. The summed E-state index contributed by atoms with van der Waals surface area (Å²) in [6.07, 6.45) is 2.15. The molecule has 136 valence electrons. The smallest absolute Gasteiger partial charge is 0.170 e. The van der Waals surface area contributed by atoms with E-state index in [0.717, 1.165) is 42.2 Å². The van der Waals surface area contributed by atoms with Crippen LogP contribution in [0.5, 0.6) is 11.5 Å². The predicted octanol–water partition coefficient (Wildman–Crippen LogP) is 3.56. The average molecular weight is 362 g/mol. The lowest BCUT2D eigenvalue weighted by molar-refractivity contribution is -0.00530. The number of likely N-dealkylation sites (tertiary alicyclic amines) is 1. The van der Waals surface area contributed by atoms with Crippen molar-refractivity contribution in [1.82, 2.24) is 9.88 Å². The summed E-state index contributed by atoms with van der Waals surface area (Å²) in [6.45, 7) is 5.55. The lowest BCUT2D eigenvalue weighted by atomic mass is 9.96. The van der Waals surface area contributed by atoms with Crippen LogP contribution in [0.15, 0.2) is 23.6 Å². The highest BCUT2D eigenvalue weighted by Gasteiger charge is 2.35. The molecule has 0 aliphatic carbocycles. The summed E-state index contributed by atoms with van der Waals surface area (Å²) >= 11 is 1.61. The van der Waals surface area contributed by atoms with Gasteiger partial charge in [0.25, 0.3) is 0 Å². The second kappa shape index (κ2) is 7.32. The Morgan fingerprint density at radius 2 is 2.12 bits per heavy atom. The topological polar surface area (TPSA) is 54.8 Å². The van der Waals surface area contributed by atoms with Crippen LogP contribution in [0.25, 0.3) is 10.6 Å². The minimum absolute atomic E-state index is 0.184. The number of nitrogens with zero attached hydrogens (tertiary/aromatic N) is 2. The van der Waals surface area contributed by atoms with E-state index in [4.69, 9.17) is 14.5 Å². The Labute approximate surface area is 153 Å². The first-order valence-corrected chi connectivity index (χ1v) is 9.44. The Morgan fingerprint density at radius 1 is 1.32 bits per heavy atom. The first kappa shape index (κ1) is 18.2. The van der Waals surface area contributed by atoms with E-state index in [0.29, 0.717) is 11.5 Å². The van der Waals surface area contributed by atoms with Crippen LogP contribution in [0.4, 0.5) is 0 Å². The molecule has 1 saturated heterocycles. The number of thiazole rings is 1. The molecule has 2 heterocycles. The third-order valence-corrected chi connectivity index (χ3v) is 5.65. The Balaban J connectivity index is 1.82. The zero-order valence-corrected chi connectivity index (χ0v) is 16.1. The van der Waals surface area contributed by atoms with E-state index < -0.39 is 5.60 Å². The molecular formula is C19H26N2O3S. The van der Waals surface area contributed by atoms with E-state index in [9.17, 15) is 5.11 Å². The number of rotatable bonds is 6. The van der Waals surface area contributed by atoms with E-state index >= 15 is 0 Å². The third kappa shape index (κ3) is 3.81. The van der Waals surface area contributed by atoms with Crippen LogP contribution in [-0.2, 0) is 6.54 Å². The van der Waals surface area contributed by atoms with Gasteiger partial charge in [0.1, 0.15) is 5.01 Å². The van der Waals surface area contributed by atoms with Gasteiger partial charge < -0.3 is 14.6 Å². The molecule has 1 aliphatic heterocycles. The van der Waals surface area contributed by atoms with Crippen LogP contribution in [0, 0.1) is 0 Å². The molecule has 5 nitrogen and oxygen atoms in total.